The molecule has 0 aromatic heterocycles. The lowest BCUT2D eigenvalue weighted by Crippen LogP contribution is -2.54. The van der Waals surface area contributed by atoms with E-state index in [9.17, 15) is 9.59 Å². The van der Waals surface area contributed by atoms with Gasteiger partial charge in [-0.05, 0) is 68.7 Å². The largest absolute Gasteiger partial charge is 0.490 e. The number of para-hydroxylation sites is 1. The highest BCUT2D eigenvalue weighted by atomic mass is 32.1. The number of hydrogen-bond acceptors (Lipinski definition) is 4. The van der Waals surface area contributed by atoms with Crippen molar-refractivity contribution in [1.29, 1.82) is 0 Å². The van der Waals surface area contributed by atoms with Gasteiger partial charge in [-0.25, -0.2) is 0 Å². The van der Waals surface area contributed by atoms with Gasteiger partial charge in [-0.1, -0.05) is 37.3 Å². The molecule has 0 spiro atoms. The molecule has 1 saturated heterocycles. The van der Waals surface area contributed by atoms with Gasteiger partial charge >= 0.3 is 0 Å². The first-order valence-corrected chi connectivity index (χ1v) is 9.97. The Morgan fingerprint density at radius 1 is 1.14 bits per heavy atom. The maximum Gasteiger partial charge on any atom is 0.270 e. The second-order valence-electron chi connectivity index (χ2n) is 7.05. The van der Waals surface area contributed by atoms with Crippen molar-refractivity contribution in [2.45, 2.75) is 40.2 Å². The first-order valence-electron chi connectivity index (χ1n) is 9.56. The highest BCUT2D eigenvalue weighted by Crippen LogP contribution is 2.29. The van der Waals surface area contributed by atoms with Crippen molar-refractivity contribution in [2.75, 3.05) is 4.90 Å². The molecule has 6 heteroatoms. The third-order valence-electron chi connectivity index (χ3n) is 5.04. The van der Waals surface area contributed by atoms with E-state index in [0.29, 0.717) is 17.0 Å². The molecule has 1 aliphatic heterocycles. The average molecular weight is 409 g/mol. The van der Waals surface area contributed by atoms with Gasteiger partial charge in [0.1, 0.15) is 11.3 Å². The molecule has 2 aromatic rings. The molecule has 1 heterocycles. The number of aryl methyl sites for hydroxylation is 1. The van der Waals surface area contributed by atoms with E-state index in [1.165, 1.54) is 4.90 Å². The van der Waals surface area contributed by atoms with Gasteiger partial charge < -0.3 is 4.74 Å². The summed E-state index contributed by atoms with van der Waals surface area (Å²) in [6.45, 7) is 7.90. The molecular weight excluding hydrogens is 384 g/mol. The van der Waals surface area contributed by atoms with Crippen LogP contribution in [0.3, 0.4) is 0 Å². The molecule has 0 bridgehead atoms. The van der Waals surface area contributed by atoms with E-state index in [0.717, 1.165) is 17.5 Å². The summed E-state index contributed by atoms with van der Waals surface area (Å²) in [6.07, 6.45) is 2.43. The van der Waals surface area contributed by atoms with Crippen LogP contribution in [-0.2, 0) is 9.59 Å². The van der Waals surface area contributed by atoms with Crippen LogP contribution in [0.2, 0.25) is 0 Å². The smallest absolute Gasteiger partial charge is 0.270 e. The van der Waals surface area contributed by atoms with Crippen LogP contribution in [0.25, 0.3) is 6.08 Å². The predicted molar refractivity (Wildman–Crippen MR) is 119 cm³/mol. The number of carbonyl (C=O) groups is 2. The van der Waals surface area contributed by atoms with Crippen molar-refractivity contribution < 1.29 is 14.3 Å². The first-order chi connectivity index (χ1) is 13.8. The number of nitrogens with zero attached hydrogens (tertiary/aromatic N) is 1. The number of nitrogens with one attached hydrogen (secondary N) is 1. The number of anilines is 1. The predicted octanol–water partition coefficient (Wildman–Crippen LogP) is 4.31. The number of thiocarbonyl (C=S) groups is 1. The lowest BCUT2D eigenvalue weighted by molar-refractivity contribution is -0.122. The Labute approximate surface area is 176 Å². The molecule has 29 heavy (non-hydrogen) atoms. The van der Waals surface area contributed by atoms with Gasteiger partial charge in [0.2, 0.25) is 0 Å². The zero-order chi connectivity index (χ0) is 21.1. The number of carbonyl (C=O) groups excluding carboxylic acids is 2. The fourth-order valence-electron chi connectivity index (χ4n) is 3.02. The number of benzene rings is 2. The summed E-state index contributed by atoms with van der Waals surface area (Å²) in [4.78, 5) is 27.2. The van der Waals surface area contributed by atoms with Crippen LogP contribution < -0.4 is 15.0 Å². The summed E-state index contributed by atoms with van der Waals surface area (Å²) < 4.78 is 5.95. The molecule has 150 valence electrons. The van der Waals surface area contributed by atoms with Gasteiger partial charge in [0.25, 0.3) is 11.8 Å². The van der Waals surface area contributed by atoms with Crippen molar-refractivity contribution in [2.24, 2.45) is 0 Å². The van der Waals surface area contributed by atoms with Crippen molar-refractivity contribution in [3.63, 3.8) is 0 Å². The minimum Gasteiger partial charge on any atom is -0.490 e. The van der Waals surface area contributed by atoms with Crippen molar-refractivity contribution in [3.05, 3.63) is 64.7 Å². The Morgan fingerprint density at radius 2 is 1.86 bits per heavy atom. The number of hydrogen-bond donors (Lipinski definition) is 1. The molecule has 5 nitrogen and oxygen atoms in total. The minimum absolute atomic E-state index is 0.0136. The van der Waals surface area contributed by atoms with Gasteiger partial charge in [-0.3, -0.25) is 19.8 Å². The van der Waals surface area contributed by atoms with Crippen LogP contribution in [-0.4, -0.2) is 23.0 Å². The van der Waals surface area contributed by atoms with E-state index in [4.69, 9.17) is 17.0 Å². The van der Waals surface area contributed by atoms with Crippen LogP contribution in [0, 0.1) is 13.8 Å². The van der Waals surface area contributed by atoms with Crippen molar-refractivity contribution >= 4 is 40.9 Å². The normalized spacial score (nSPS) is 16.8. The molecule has 3 rings (SSSR count). The molecule has 0 aliphatic carbocycles. The summed E-state index contributed by atoms with van der Waals surface area (Å²) in [6, 6.07) is 13.0. The fraction of sp³-hybridized carbons (Fsp3) is 0.261. The molecule has 1 fully saturated rings. The van der Waals surface area contributed by atoms with Gasteiger partial charge in [-0.2, -0.15) is 0 Å². The zero-order valence-corrected chi connectivity index (χ0v) is 17.8. The molecule has 1 N–H and O–H groups in total. The third-order valence-corrected chi connectivity index (χ3v) is 5.33. The highest BCUT2D eigenvalue weighted by molar-refractivity contribution is 7.80. The topological polar surface area (TPSA) is 58.6 Å². The van der Waals surface area contributed by atoms with Gasteiger partial charge in [0, 0.05) is 5.56 Å². The number of rotatable bonds is 5. The Bertz CT molecular complexity index is 1010. The van der Waals surface area contributed by atoms with Crippen LogP contribution in [0.15, 0.2) is 48.0 Å². The monoisotopic (exact) mass is 408 g/mol. The van der Waals surface area contributed by atoms with Gasteiger partial charge in [0.15, 0.2) is 5.11 Å². The second-order valence-corrected chi connectivity index (χ2v) is 7.44. The standard InChI is InChI=1S/C23H24N2O3S/c1-5-15(3)28-20-12-7-6-10-17(20)13-18-21(26)24-23(29)25(22(18)27)19-11-8-9-14(2)16(19)4/h6-13,15H,5H2,1-4H3,(H,24,26,29)/b18-13+/t15-/m0/s1. The molecule has 0 saturated carbocycles. The van der Waals surface area contributed by atoms with Crippen LogP contribution in [0.1, 0.15) is 37.0 Å². The summed E-state index contributed by atoms with van der Waals surface area (Å²) in [7, 11) is 0. The van der Waals surface area contributed by atoms with Gasteiger partial charge in [0.05, 0.1) is 11.8 Å². The number of ether oxygens (including phenoxy) is 1. The zero-order valence-electron chi connectivity index (χ0n) is 17.0. The van der Waals surface area contributed by atoms with Crippen LogP contribution >= 0.6 is 12.2 Å². The third kappa shape index (κ3) is 4.22. The lowest BCUT2D eigenvalue weighted by atomic mass is 10.0. The van der Waals surface area contributed by atoms with E-state index in [1.807, 2.05) is 70.2 Å². The summed E-state index contributed by atoms with van der Waals surface area (Å²) in [5.74, 6) is -0.341. The molecule has 0 radical (unpaired) electrons. The fourth-order valence-corrected chi connectivity index (χ4v) is 3.29. The quantitative estimate of drug-likeness (QED) is 0.455. The maximum absolute atomic E-state index is 13.3. The molecule has 0 unspecified atom stereocenters. The number of amides is 2. The highest BCUT2D eigenvalue weighted by Gasteiger charge is 2.35. The molecule has 1 aliphatic rings. The Kier molecular flexibility index (Phi) is 6.13. The second kappa shape index (κ2) is 8.57. The summed E-state index contributed by atoms with van der Waals surface area (Å²) in [5, 5.41) is 2.71. The van der Waals surface area contributed by atoms with E-state index in [1.54, 1.807) is 6.08 Å². The maximum atomic E-state index is 13.3. The Balaban J connectivity index is 2.04. The molecule has 2 aromatic carbocycles. The molecule has 1 atom stereocenters. The van der Waals surface area contributed by atoms with E-state index in [-0.39, 0.29) is 16.8 Å². The van der Waals surface area contributed by atoms with E-state index in [2.05, 4.69) is 5.32 Å². The van der Waals surface area contributed by atoms with Gasteiger partial charge in [-0.15, -0.1) is 0 Å². The summed E-state index contributed by atoms with van der Waals surface area (Å²) >= 11 is 5.30. The average Bonchev–Trinajstić information content (AvgIpc) is 2.69. The van der Waals surface area contributed by atoms with E-state index < -0.39 is 11.8 Å². The summed E-state index contributed by atoms with van der Waals surface area (Å²) in [5.41, 5.74) is 3.31. The van der Waals surface area contributed by atoms with Crippen LogP contribution in [0.5, 0.6) is 5.75 Å². The lowest BCUT2D eigenvalue weighted by Gasteiger charge is -2.30. The molecule has 2 amide bonds. The van der Waals surface area contributed by atoms with Crippen molar-refractivity contribution in [1.82, 2.24) is 5.32 Å². The minimum atomic E-state index is -0.514. The Morgan fingerprint density at radius 3 is 2.59 bits per heavy atom. The SMILES string of the molecule is CC[C@H](C)Oc1ccccc1/C=C1\C(=O)NC(=S)N(c2cccc(C)c2C)C1=O. The Hall–Kier alpha value is -2.99. The van der Waals surface area contributed by atoms with Crippen LogP contribution in [0.4, 0.5) is 5.69 Å². The first kappa shape index (κ1) is 20.7. The van der Waals surface area contributed by atoms with Crippen molar-refractivity contribution in [3.8, 4) is 5.75 Å². The molecular formula is C23H24N2O3S. The van der Waals surface area contributed by atoms with E-state index >= 15 is 0 Å².